The van der Waals surface area contributed by atoms with Crippen molar-refractivity contribution in [1.82, 2.24) is 4.98 Å². The van der Waals surface area contributed by atoms with Gasteiger partial charge in [0.15, 0.2) is 5.75 Å². The van der Waals surface area contributed by atoms with Crippen LogP contribution in [-0.2, 0) is 0 Å². The van der Waals surface area contributed by atoms with E-state index in [1.165, 1.54) is 0 Å². The standard InChI is InChI=1S/C14H9Br2NO/c15-9-1-4-11(5-2-9)18-14-8-17-13-6-3-10(16)7-12(13)14/h1-8,17H. The Morgan fingerprint density at radius 1 is 0.889 bits per heavy atom. The van der Waals surface area contributed by atoms with Gasteiger partial charge in [0.25, 0.3) is 0 Å². The average Bonchev–Trinajstić information content (AvgIpc) is 2.75. The van der Waals surface area contributed by atoms with Crippen molar-refractivity contribution in [2.24, 2.45) is 0 Å². The molecule has 1 heterocycles. The van der Waals surface area contributed by atoms with E-state index in [9.17, 15) is 0 Å². The molecule has 3 aromatic rings. The van der Waals surface area contributed by atoms with Crippen LogP contribution in [0.3, 0.4) is 0 Å². The molecule has 3 rings (SSSR count). The largest absolute Gasteiger partial charge is 0.455 e. The lowest BCUT2D eigenvalue weighted by atomic mass is 10.2. The summed E-state index contributed by atoms with van der Waals surface area (Å²) in [5, 5.41) is 1.06. The first-order valence-corrected chi connectivity index (χ1v) is 7.01. The van der Waals surface area contributed by atoms with E-state index in [1.807, 2.05) is 48.7 Å². The van der Waals surface area contributed by atoms with E-state index in [0.29, 0.717) is 0 Å². The molecule has 0 aliphatic rings. The van der Waals surface area contributed by atoms with Crippen LogP contribution in [0.15, 0.2) is 57.6 Å². The second-order valence-electron chi connectivity index (χ2n) is 3.90. The quantitative estimate of drug-likeness (QED) is 0.637. The van der Waals surface area contributed by atoms with E-state index in [0.717, 1.165) is 31.3 Å². The summed E-state index contributed by atoms with van der Waals surface area (Å²) in [6.45, 7) is 0. The summed E-state index contributed by atoms with van der Waals surface area (Å²) < 4.78 is 7.94. The number of aromatic nitrogens is 1. The molecular weight excluding hydrogens is 358 g/mol. The summed E-state index contributed by atoms with van der Waals surface area (Å²) in [5.74, 6) is 1.65. The lowest BCUT2D eigenvalue weighted by Crippen LogP contribution is -1.82. The molecule has 0 bridgehead atoms. The highest BCUT2D eigenvalue weighted by Gasteiger charge is 2.06. The number of benzene rings is 2. The Morgan fingerprint density at radius 3 is 2.39 bits per heavy atom. The summed E-state index contributed by atoms with van der Waals surface area (Å²) in [7, 11) is 0. The smallest absolute Gasteiger partial charge is 0.152 e. The fourth-order valence-electron chi connectivity index (χ4n) is 1.78. The lowest BCUT2D eigenvalue weighted by molar-refractivity contribution is 0.488. The van der Waals surface area contributed by atoms with Gasteiger partial charge in [-0.25, -0.2) is 0 Å². The molecule has 0 amide bonds. The SMILES string of the molecule is Brc1ccc(Oc2c[nH]c3ccc(Br)cc23)cc1. The number of hydrogen-bond acceptors (Lipinski definition) is 1. The highest BCUT2D eigenvalue weighted by molar-refractivity contribution is 9.10. The van der Waals surface area contributed by atoms with Gasteiger partial charge in [0, 0.05) is 26.0 Å². The molecular formula is C14H9Br2NO. The van der Waals surface area contributed by atoms with Crippen LogP contribution in [0.25, 0.3) is 10.9 Å². The van der Waals surface area contributed by atoms with Gasteiger partial charge in [-0.15, -0.1) is 0 Å². The Morgan fingerprint density at radius 2 is 1.61 bits per heavy atom. The third-order valence-electron chi connectivity index (χ3n) is 2.65. The zero-order valence-electron chi connectivity index (χ0n) is 9.28. The molecule has 0 fully saturated rings. The molecule has 18 heavy (non-hydrogen) atoms. The number of ether oxygens (including phenoxy) is 1. The van der Waals surface area contributed by atoms with Crippen molar-refractivity contribution >= 4 is 42.8 Å². The molecule has 0 aliphatic carbocycles. The third-order valence-corrected chi connectivity index (χ3v) is 3.67. The third kappa shape index (κ3) is 2.31. The molecule has 0 radical (unpaired) electrons. The first kappa shape index (κ1) is 11.8. The molecule has 2 aromatic carbocycles. The van der Waals surface area contributed by atoms with Gasteiger partial charge in [0.1, 0.15) is 5.75 Å². The van der Waals surface area contributed by atoms with Crippen LogP contribution in [0.4, 0.5) is 0 Å². The number of fused-ring (bicyclic) bond motifs is 1. The number of nitrogens with one attached hydrogen (secondary N) is 1. The van der Waals surface area contributed by atoms with Crippen LogP contribution < -0.4 is 4.74 Å². The summed E-state index contributed by atoms with van der Waals surface area (Å²) in [4.78, 5) is 3.19. The molecule has 4 heteroatoms. The average molecular weight is 367 g/mol. The summed E-state index contributed by atoms with van der Waals surface area (Å²) in [6.07, 6.45) is 1.87. The zero-order valence-corrected chi connectivity index (χ0v) is 12.5. The Bertz CT molecular complexity index is 689. The van der Waals surface area contributed by atoms with Crippen molar-refractivity contribution in [1.29, 1.82) is 0 Å². The van der Waals surface area contributed by atoms with E-state index in [-0.39, 0.29) is 0 Å². The fourth-order valence-corrected chi connectivity index (χ4v) is 2.41. The van der Waals surface area contributed by atoms with Crippen molar-refractivity contribution in [3.8, 4) is 11.5 Å². The van der Waals surface area contributed by atoms with E-state index in [2.05, 4.69) is 36.8 Å². The van der Waals surface area contributed by atoms with E-state index in [4.69, 9.17) is 4.74 Å². The molecule has 0 spiro atoms. The second kappa shape index (κ2) is 4.78. The number of aromatic amines is 1. The van der Waals surface area contributed by atoms with Crippen LogP contribution in [0, 0.1) is 0 Å². The van der Waals surface area contributed by atoms with Crippen molar-refractivity contribution in [2.75, 3.05) is 0 Å². The number of rotatable bonds is 2. The molecule has 2 nitrogen and oxygen atoms in total. The van der Waals surface area contributed by atoms with Crippen LogP contribution in [0.2, 0.25) is 0 Å². The van der Waals surface area contributed by atoms with Crippen LogP contribution in [0.1, 0.15) is 0 Å². The Kier molecular flexibility index (Phi) is 3.14. The normalized spacial score (nSPS) is 10.8. The minimum absolute atomic E-state index is 0.819. The predicted octanol–water partition coefficient (Wildman–Crippen LogP) is 5.49. The van der Waals surface area contributed by atoms with E-state index >= 15 is 0 Å². The summed E-state index contributed by atoms with van der Waals surface area (Å²) in [6, 6.07) is 13.8. The molecule has 0 saturated heterocycles. The molecule has 1 aromatic heterocycles. The minimum atomic E-state index is 0.819. The lowest BCUT2D eigenvalue weighted by Gasteiger charge is -2.04. The molecule has 0 atom stereocenters. The fraction of sp³-hybridized carbons (Fsp3) is 0. The number of halogens is 2. The van der Waals surface area contributed by atoms with Gasteiger partial charge in [-0.05, 0) is 42.5 Å². The number of H-pyrrole nitrogens is 1. The van der Waals surface area contributed by atoms with Crippen LogP contribution in [0.5, 0.6) is 11.5 Å². The predicted molar refractivity (Wildman–Crippen MR) is 80.2 cm³/mol. The Hall–Kier alpha value is -1.26. The highest BCUT2D eigenvalue weighted by atomic mass is 79.9. The second-order valence-corrected chi connectivity index (χ2v) is 5.73. The van der Waals surface area contributed by atoms with Gasteiger partial charge >= 0.3 is 0 Å². The van der Waals surface area contributed by atoms with Gasteiger partial charge in [0.2, 0.25) is 0 Å². The highest BCUT2D eigenvalue weighted by Crippen LogP contribution is 2.32. The van der Waals surface area contributed by atoms with Crippen molar-refractivity contribution in [3.63, 3.8) is 0 Å². The first-order valence-electron chi connectivity index (χ1n) is 5.42. The molecule has 90 valence electrons. The Balaban J connectivity index is 1.99. The van der Waals surface area contributed by atoms with Gasteiger partial charge in [-0.2, -0.15) is 0 Å². The topological polar surface area (TPSA) is 25.0 Å². The van der Waals surface area contributed by atoms with Gasteiger partial charge in [-0.3, -0.25) is 0 Å². The van der Waals surface area contributed by atoms with Gasteiger partial charge in [-0.1, -0.05) is 31.9 Å². The zero-order chi connectivity index (χ0) is 12.5. The van der Waals surface area contributed by atoms with Gasteiger partial charge < -0.3 is 9.72 Å². The number of hydrogen-bond donors (Lipinski definition) is 1. The minimum Gasteiger partial charge on any atom is -0.455 e. The maximum Gasteiger partial charge on any atom is 0.152 e. The van der Waals surface area contributed by atoms with Crippen LogP contribution in [-0.4, -0.2) is 4.98 Å². The molecule has 0 unspecified atom stereocenters. The van der Waals surface area contributed by atoms with Crippen molar-refractivity contribution < 1.29 is 4.74 Å². The summed E-state index contributed by atoms with van der Waals surface area (Å²) in [5.41, 5.74) is 1.06. The monoisotopic (exact) mass is 365 g/mol. The molecule has 0 saturated carbocycles. The van der Waals surface area contributed by atoms with Crippen LogP contribution >= 0.6 is 31.9 Å². The van der Waals surface area contributed by atoms with E-state index in [1.54, 1.807) is 0 Å². The van der Waals surface area contributed by atoms with E-state index < -0.39 is 0 Å². The molecule has 1 N–H and O–H groups in total. The van der Waals surface area contributed by atoms with Crippen molar-refractivity contribution in [3.05, 3.63) is 57.6 Å². The summed E-state index contributed by atoms with van der Waals surface area (Å²) >= 11 is 6.88. The van der Waals surface area contributed by atoms with Crippen molar-refractivity contribution in [2.45, 2.75) is 0 Å². The maximum atomic E-state index is 5.87. The maximum absolute atomic E-state index is 5.87. The Labute approximate surface area is 121 Å². The first-order chi connectivity index (χ1) is 8.72. The molecule has 0 aliphatic heterocycles. The van der Waals surface area contributed by atoms with Gasteiger partial charge in [0.05, 0.1) is 0 Å².